The maximum Gasteiger partial charge on any atom is 0.245 e. The zero-order chi connectivity index (χ0) is 19.1. The van der Waals surface area contributed by atoms with Gasteiger partial charge >= 0.3 is 0 Å². The standard InChI is InChI=1S/C22H27N3O2/c1-25(16-18-11-6-3-7-12-18)22(27)20(15-17-9-4-2-5-10-17)24-21(26)19-13-8-14-23-19/h2-7,9-12,19-20,23H,8,13-16H2,1H3,(H,24,26)/t19-,20+/m1/s1. The lowest BCUT2D eigenvalue weighted by Gasteiger charge is -2.26. The van der Waals surface area contributed by atoms with E-state index in [0.717, 1.165) is 30.5 Å². The molecule has 2 aromatic carbocycles. The van der Waals surface area contributed by atoms with E-state index in [1.54, 1.807) is 11.9 Å². The molecule has 3 rings (SSSR count). The molecule has 142 valence electrons. The minimum absolute atomic E-state index is 0.0750. The van der Waals surface area contributed by atoms with Gasteiger partial charge in [0.25, 0.3) is 0 Å². The van der Waals surface area contributed by atoms with Crippen LogP contribution in [0.25, 0.3) is 0 Å². The van der Waals surface area contributed by atoms with Crippen molar-refractivity contribution in [2.45, 2.75) is 37.9 Å². The maximum atomic E-state index is 13.1. The van der Waals surface area contributed by atoms with Crippen molar-refractivity contribution < 1.29 is 9.59 Å². The van der Waals surface area contributed by atoms with Crippen molar-refractivity contribution in [3.05, 3.63) is 71.8 Å². The van der Waals surface area contributed by atoms with Crippen molar-refractivity contribution in [2.75, 3.05) is 13.6 Å². The number of nitrogens with zero attached hydrogens (tertiary/aromatic N) is 1. The first kappa shape index (κ1) is 19.1. The predicted octanol–water partition coefficient (Wildman–Crippen LogP) is 2.12. The second kappa shape index (κ2) is 9.33. The minimum atomic E-state index is -0.573. The molecule has 2 atom stereocenters. The van der Waals surface area contributed by atoms with E-state index in [4.69, 9.17) is 0 Å². The summed E-state index contributed by atoms with van der Waals surface area (Å²) in [6, 6.07) is 18.9. The summed E-state index contributed by atoms with van der Waals surface area (Å²) < 4.78 is 0. The fraction of sp³-hybridized carbons (Fsp3) is 0.364. The SMILES string of the molecule is CN(Cc1ccccc1)C(=O)[C@H](Cc1ccccc1)NC(=O)[C@H]1CCCN1. The molecule has 1 aliphatic heterocycles. The number of carbonyl (C=O) groups excluding carboxylic acids is 2. The molecular weight excluding hydrogens is 338 g/mol. The molecule has 2 aromatic rings. The molecule has 0 spiro atoms. The van der Waals surface area contributed by atoms with Crippen molar-refractivity contribution in [1.82, 2.24) is 15.5 Å². The van der Waals surface area contributed by atoms with Crippen LogP contribution >= 0.6 is 0 Å². The summed E-state index contributed by atoms with van der Waals surface area (Å²) in [5, 5.41) is 6.18. The first-order chi connectivity index (χ1) is 13.1. The Bertz CT molecular complexity index is 743. The Balaban J connectivity index is 1.70. The highest BCUT2D eigenvalue weighted by Crippen LogP contribution is 2.11. The summed E-state index contributed by atoms with van der Waals surface area (Å²) in [5.41, 5.74) is 2.10. The van der Waals surface area contributed by atoms with E-state index in [0.29, 0.717) is 13.0 Å². The zero-order valence-electron chi connectivity index (χ0n) is 15.7. The van der Waals surface area contributed by atoms with Crippen LogP contribution in [0, 0.1) is 0 Å². The number of hydrogen-bond acceptors (Lipinski definition) is 3. The van der Waals surface area contributed by atoms with E-state index < -0.39 is 6.04 Å². The van der Waals surface area contributed by atoms with Gasteiger partial charge in [0.15, 0.2) is 0 Å². The van der Waals surface area contributed by atoms with Crippen molar-refractivity contribution >= 4 is 11.8 Å². The molecule has 1 fully saturated rings. The molecule has 2 amide bonds. The maximum absolute atomic E-state index is 13.1. The van der Waals surface area contributed by atoms with E-state index >= 15 is 0 Å². The highest BCUT2D eigenvalue weighted by molar-refractivity contribution is 5.90. The lowest BCUT2D eigenvalue weighted by Crippen LogP contribution is -2.52. The number of hydrogen-bond donors (Lipinski definition) is 2. The summed E-state index contributed by atoms with van der Waals surface area (Å²) >= 11 is 0. The van der Waals surface area contributed by atoms with Crippen LogP contribution in [0.2, 0.25) is 0 Å². The van der Waals surface area contributed by atoms with Crippen molar-refractivity contribution in [3.8, 4) is 0 Å². The number of likely N-dealkylation sites (N-methyl/N-ethyl adjacent to an activating group) is 1. The molecule has 0 aromatic heterocycles. The Hall–Kier alpha value is -2.66. The topological polar surface area (TPSA) is 61.4 Å². The fourth-order valence-electron chi connectivity index (χ4n) is 3.43. The normalized spacial score (nSPS) is 17.3. The smallest absolute Gasteiger partial charge is 0.245 e. The zero-order valence-corrected chi connectivity index (χ0v) is 15.7. The molecule has 1 aliphatic rings. The first-order valence-electron chi connectivity index (χ1n) is 9.50. The number of rotatable bonds is 7. The average molecular weight is 365 g/mol. The molecular formula is C22H27N3O2. The van der Waals surface area contributed by atoms with Crippen molar-refractivity contribution in [1.29, 1.82) is 0 Å². The second-order valence-corrected chi connectivity index (χ2v) is 7.08. The monoisotopic (exact) mass is 365 g/mol. The van der Waals surface area contributed by atoms with E-state index in [1.165, 1.54) is 0 Å². The average Bonchev–Trinajstić information content (AvgIpc) is 3.23. The lowest BCUT2D eigenvalue weighted by molar-refractivity contribution is -0.136. The van der Waals surface area contributed by atoms with Crippen LogP contribution in [0.5, 0.6) is 0 Å². The summed E-state index contributed by atoms with van der Waals surface area (Å²) in [4.78, 5) is 27.4. The number of amides is 2. The van der Waals surface area contributed by atoms with Gasteiger partial charge in [-0.15, -0.1) is 0 Å². The largest absolute Gasteiger partial charge is 0.343 e. The van der Waals surface area contributed by atoms with Gasteiger partial charge in [0.05, 0.1) is 6.04 Å². The summed E-state index contributed by atoms with van der Waals surface area (Å²) in [5.74, 6) is -0.163. The summed E-state index contributed by atoms with van der Waals surface area (Å²) in [6.45, 7) is 1.37. The van der Waals surface area contributed by atoms with E-state index in [1.807, 2.05) is 60.7 Å². The van der Waals surface area contributed by atoms with Crippen LogP contribution in [0.4, 0.5) is 0 Å². The van der Waals surface area contributed by atoms with Gasteiger partial charge in [0, 0.05) is 20.0 Å². The molecule has 5 nitrogen and oxygen atoms in total. The molecule has 0 aliphatic carbocycles. The Labute approximate surface area is 160 Å². The minimum Gasteiger partial charge on any atom is -0.343 e. The quantitative estimate of drug-likeness (QED) is 0.790. The molecule has 2 N–H and O–H groups in total. The van der Waals surface area contributed by atoms with E-state index in [9.17, 15) is 9.59 Å². The second-order valence-electron chi connectivity index (χ2n) is 7.08. The van der Waals surface area contributed by atoms with Crippen LogP contribution < -0.4 is 10.6 Å². The molecule has 0 unspecified atom stereocenters. The van der Waals surface area contributed by atoms with Crippen LogP contribution in [0.3, 0.4) is 0 Å². The third-order valence-electron chi connectivity index (χ3n) is 4.91. The molecule has 0 saturated carbocycles. The molecule has 0 bridgehead atoms. The Kier molecular flexibility index (Phi) is 6.60. The molecule has 5 heteroatoms. The fourth-order valence-corrected chi connectivity index (χ4v) is 3.43. The summed E-state index contributed by atoms with van der Waals surface area (Å²) in [7, 11) is 1.79. The van der Waals surface area contributed by atoms with Gasteiger partial charge in [-0.05, 0) is 30.5 Å². The Morgan fingerprint density at radius 3 is 2.30 bits per heavy atom. The third-order valence-corrected chi connectivity index (χ3v) is 4.91. The van der Waals surface area contributed by atoms with Gasteiger partial charge in [-0.25, -0.2) is 0 Å². The van der Waals surface area contributed by atoms with E-state index in [-0.39, 0.29) is 17.9 Å². The van der Waals surface area contributed by atoms with Crippen molar-refractivity contribution in [3.63, 3.8) is 0 Å². The number of nitrogens with one attached hydrogen (secondary N) is 2. The molecule has 1 heterocycles. The predicted molar refractivity (Wildman–Crippen MR) is 106 cm³/mol. The number of carbonyl (C=O) groups is 2. The Morgan fingerprint density at radius 1 is 1.07 bits per heavy atom. The first-order valence-corrected chi connectivity index (χ1v) is 9.50. The highest BCUT2D eigenvalue weighted by Gasteiger charge is 2.29. The molecule has 0 radical (unpaired) electrons. The highest BCUT2D eigenvalue weighted by atomic mass is 16.2. The van der Waals surface area contributed by atoms with Gasteiger partial charge in [0.2, 0.25) is 11.8 Å². The summed E-state index contributed by atoms with van der Waals surface area (Å²) in [6.07, 6.45) is 2.29. The van der Waals surface area contributed by atoms with Crippen LogP contribution in [-0.2, 0) is 22.6 Å². The van der Waals surface area contributed by atoms with Gasteiger partial charge in [0.1, 0.15) is 6.04 Å². The van der Waals surface area contributed by atoms with Gasteiger partial charge in [-0.3, -0.25) is 9.59 Å². The third kappa shape index (κ3) is 5.41. The van der Waals surface area contributed by atoms with Crippen LogP contribution in [0.15, 0.2) is 60.7 Å². The Morgan fingerprint density at radius 2 is 1.70 bits per heavy atom. The van der Waals surface area contributed by atoms with Crippen LogP contribution in [0.1, 0.15) is 24.0 Å². The van der Waals surface area contributed by atoms with E-state index in [2.05, 4.69) is 10.6 Å². The van der Waals surface area contributed by atoms with Gasteiger partial charge in [-0.2, -0.15) is 0 Å². The molecule has 27 heavy (non-hydrogen) atoms. The lowest BCUT2D eigenvalue weighted by atomic mass is 10.0. The molecule has 1 saturated heterocycles. The van der Waals surface area contributed by atoms with Crippen molar-refractivity contribution in [2.24, 2.45) is 0 Å². The van der Waals surface area contributed by atoms with Gasteiger partial charge < -0.3 is 15.5 Å². The van der Waals surface area contributed by atoms with Gasteiger partial charge in [-0.1, -0.05) is 60.7 Å². The number of benzene rings is 2. The van der Waals surface area contributed by atoms with Crippen LogP contribution in [-0.4, -0.2) is 42.4 Å².